The smallest absolute Gasteiger partial charge is 0.344 e. The summed E-state index contributed by atoms with van der Waals surface area (Å²) in [6.45, 7) is -0.556. The fourth-order valence-corrected chi connectivity index (χ4v) is 5.04. The molecule has 2 aliphatic heterocycles. The van der Waals surface area contributed by atoms with Gasteiger partial charge in [-0.25, -0.2) is 14.3 Å². The number of rotatable bonds is 9. The van der Waals surface area contributed by atoms with E-state index in [4.69, 9.17) is 15.7 Å². The number of fused-ring (bicyclic) bond motifs is 1. The summed E-state index contributed by atoms with van der Waals surface area (Å²) in [6, 6.07) is 8.75. The number of aliphatic carboxylic acids is 2. The first-order chi connectivity index (χ1) is 17.3. The number of nitrogens with one attached hydrogen (secondary N) is 1. The fraction of sp³-hybridized carbons (Fsp3) is 0.227. The Morgan fingerprint density at radius 2 is 2.03 bits per heavy atom. The van der Waals surface area contributed by atoms with Gasteiger partial charge in [-0.15, -0.1) is 11.8 Å². The monoisotopic (exact) mass is 512 g/mol. The highest BCUT2D eigenvalue weighted by atomic mass is 32.2. The zero-order valence-corrected chi connectivity index (χ0v) is 19.4. The summed E-state index contributed by atoms with van der Waals surface area (Å²) in [6.07, 6.45) is 3.55. The highest BCUT2D eigenvalue weighted by molar-refractivity contribution is 8.00. The van der Waals surface area contributed by atoms with Crippen molar-refractivity contribution in [2.75, 3.05) is 18.1 Å². The lowest BCUT2D eigenvalue weighted by molar-refractivity contribution is -0.689. The summed E-state index contributed by atoms with van der Waals surface area (Å²) in [4.78, 5) is 58.5. The number of nitrogens with zero attached hydrogens (tertiary/aromatic N) is 4. The summed E-state index contributed by atoms with van der Waals surface area (Å²) in [5.41, 5.74) is 5.55. The molecular formula is C22H20N6O7S. The van der Waals surface area contributed by atoms with Crippen molar-refractivity contribution in [2.45, 2.75) is 18.0 Å². The Kier molecular flexibility index (Phi) is 7.15. The van der Waals surface area contributed by atoms with Crippen LogP contribution >= 0.6 is 11.8 Å². The molecule has 2 amide bonds. The van der Waals surface area contributed by atoms with Gasteiger partial charge in [-0.1, -0.05) is 17.3 Å². The first-order valence-corrected chi connectivity index (χ1v) is 11.6. The molecule has 0 bridgehead atoms. The predicted molar refractivity (Wildman–Crippen MR) is 122 cm³/mol. The quantitative estimate of drug-likeness (QED) is 0.145. The third kappa shape index (κ3) is 5.12. The summed E-state index contributed by atoms with van der Waals surface area (Å²) in [5, 5.41) is 26.1. The standard InChI is InChI=1S/C22H20N6O7S/c23-14-6-4-5-13(24-14)16(26-35-10-15(29)30)19(31)25-17-20(32)28-18(22(33)34)12(11-36-21(17)28)9-27-7-2-1-3-8-27/h1-8,17,21H,9-11H2,(H4-,23,24,25,29,30,31,33,34)/t17?,21-/m0/s1. The maximum absolute atomic E-state index is 13.0. The first-order valence-electron chi connectivity index (χ1n) is 10.5. The van der Waals surface area contributed by atoms with Crippen LogP contribution in [0.15, 0.2) is 65.2 Å². The molecule has 2 atom stereocenters. The van der Waals surface area contributed by atoms with Crippen LogP contribution in [0.1, 0.15) is 5.69 Å². The van der Waals surface area contributed by atoms with E-state index in [2.05, 4.69) is 15.5 Å². The highest BCUT2D eigenvalue weighted by Gasteiger charge is 2.53. The lowest BCUT2D eigenvalue weighted by atomic mass is 10.0. The number of pyridine rings is 2. The normalized spacial score (nSPS) is 19.3. The molecule has 4 N–H and O–H groups in total. The number of aromatic nitrogens is 2. The molecule has 4 rings (SSSR count). The number of β-lactam (4-membered cyclic amide) rings is 1. The maximum Gasteiger partial charge on any atom is 0.344 e. The number of carbonyl (C=O) groups excluding carboxylic acids is 3. The highest BCUT2D eigenvalue weighted by Crippen LogP contribution is 2.40. The number of anilines is 1. The van der Waals surface area contributed by atoms with E-state index in [0.717, 1.165) is 4.90 Å². The molecule has 0 saturated carbocycles. The molecule has 36 heavy (non-hydrogen) atoms. The van der Waals surface area contributed by atoms with E-state index in [1.165, 1.54) is 30.0 Å². The zero-order valence-electron chi connectivity index (χ0n) is 18.6. The van der Waals surface area contributed by atoms with Gasteiger partial charge >= 0.3 is 5.97 Å². The van der Waals surface area contributed by atoms with Gasteiger partial charge in [0.1, 0.15) is 22.9 Å². The predicted octanol–water partition coefficient (Wildman–Crippen LogP) is -2.14. The van der Waals surface area contributed by atoms with Crippen LogP contribution in [0.4, 0.5) is 5.82 Å². The van der Waals surface area contributed by atoms with Crippen LogP contribution in [0.5, 0.6) is 0 Å². The largest absolute Gasteiger partial charge is 0.543 e. The average molecular weight is 513 g/mol. The number of nitrogen functional groups attached to an aromatic ring is 1. The Morgan fingerprint density at radius 3 is 2.69 bits per heavy atom. The van der Waals surface area contributed by atoms with Crippen molar-refractivity contribution in [1.29, 1.82) is 0 Å². The lowest BCUT2D eigenvalue weighted by Crippen LogP contribution is -2.71. The molecule has 14 heteroatoms. The second-order valence-electron chi connectivity index (χ2n) is 7.70. The van der Waals surface area contributed by atoms with Crippen molar-refractivity contribution in [3.63, 3.8) is 0 Å². The van der Waals surface area contributed by atoms with Crippen LogP contribution < -0.4 is 20.7 Å². The molecule has 1 unspecified atom stereocenters. The summed E-state index contributed by atoms with van der Waals surface area (Å²) in [5.74, 6) is -3.94. The number of oxime groups is 1. The number of hydrogen-bond donors (Lipinski definition) is 3. The van der Waals surface area contributed by atoms with Gasteiger partial charge in [0.25, 0.3) is 11.8 Å². The van der Waals surface area contributed by atoms with Crippen molar-refractivity contribution < 1.29 is 38.8 Å². The Hall–Kier alpha value is -4.46. The summed E-state index contributed by atoms with van der Waals surface area (Å²) in [7, 11) is 0. The van der Waals surface area contributed by atoms with E-state index >= 15 is 0 Å². The van der Waals surface area contributed by atoms with Gasteiger partial charge in [-0.05, 0) is 12.1 Å². The van der Waals surface area contributed by atoms with Gasteiger partial charge in [0.05, 0.1) is 11.7 Å². The average Bonchev–Trinajstić information content (AvgIpc) is 2.85. The number of nitrogens with two attached hydrogens (primary N) is 1. The van der Waals surface area contributed by atoms with Crippen LogP contribution in [0.2, 0.25) is 0 Å². The van der Waals surface area contributed by atoms with E-state index in [0.29, 0.717) is 11.3 Å². The van der Waals surface area contributed by atoms with Gasteiger partial charge in [0, 0.05) is 23.5 Å². The van der Waals surface area contributed by atoms with E-state index in [-0.39, 0.29) is 23.8 Å². The molecule has 2 aliphatic rings. The van der Waals surface area contributed by atoms with Crippen molar-refractivity contribution in [2.24, 2.45) is 5.16 Å². The molecule has 186 valence electrons. The second kappa shape index (κ2) is 10.4. The molecular weight excluding hydrogens is 492 g/mol. The molecule has 13 nitrogen and oxygen atoms in total. The summed E-state index contributed by atoms with van der Waals surface area (Å²) < 4.78 is 1.78. The van der Waals surface area contributed by atoms with Crippen LogP contribution in [0, 0.1) is 0 Å². The minimum atomic E-state index is -1.49. The Balaban J connectivity index is 1.54. The third-order valence-corrected chi connectivity index (χ3v) is 6.59. The van der Waals surface area contributed by atoms with Crippen molar-refractivity contribution >= 4 is 47.0 Å². The maximum atomic E-state index is 13.0. The van der Waals surface area contributed by atoms with Gasteiger partial charge in [-0.3, -0.25) is 14.5 Å². The summed E-state index contributed by atoms with van der Waals surface area (Å²) >= 11 is 1.29. The molecule has 4 heterocycles. The van der Waals surface area contributed by atoms with Crippen LogP contribution in [0.25, 0.3) is 0 Å². The number of carboxylic acids is 2. The molecule has 0 spiro atoms. The number of carboxylic acid groups (broad SMARTS) is 2. The number of hydrogen-bond acceptors (Lipinski definition) is 10. The molecule has 1 fully saturated rings. The Bertz CT molecular complexity index is 1280. The van der Waals surface area contributed by atoms with Crippen LogP contribution in [0.3, 0.4) is 0 Å². The number of amides is 2. The van der Waals surface area contributed by atoms with Gasteiger partial charge in [0.2, 0.25) is 6.61 Å². The lowest BCUT2D eigenvalue weighted by Gasteiger charge is -2.50. The van der Waals surface area contributed by atoms with Crippen molar-refractivity contribution in [3.8, 4) is 0 Å². The number of thioether (sulfide) groups is 1. The zero-order chi connectivity index (χ0) is 25.8. The topological polar surface area (TPSA) is 191 Å². The first kappa shape index (κ1) is 24.7. The number of carbonyl (C=O) groups is 4. The van der Waals surface area contributed by atoms with Crippen LogP contribution in [-0.2, 0) is 30.6 Å². The molecule has 0 aliphatic carbocycles. The van der Waals surface area contributed by atoms with Gasteiger partial charge < -0.3 is 30.9 Å². The van der Waals surface area contributed by atoms with Crippen molar-refractivity contribution in [3.05, 3.63) is 65.8 Å². The van der Waals surface area contributed by atoms with E-state index < -0.39 is 47.5 Å². The van der Waals surface area contributed by atoms with Crippen LogP contribution in [-0.4, -0.2) is 68.2 Å². The molecule has 0 radical (unpaired) electrons. The minimum absolute atomic E-state index is 0.00434. The fourth-order valence-electron chi connectivity index (χ4n) is 3.70. The molecule has 2 aromatic heterocycles. The van der Waals surface area contributed by atoms with E-state index in [1.54, 1.807) is 29.1 Å². The van der Waals surface area contributed by atoms with E-state index in [9.17, 15) is 24.3 Å². The minimum Gasteiger partial charge on any atom is -0.543 e. The van der Waals surface area contributed by atoms with Crippen molar-refractivity contribution in [1.82, 2.24) is 15.2 Å². The molecule has 1 saturated heterocycles. The second-order valence-corrected chi connectivity index (χ2v) is 8.81. The van der Waals surface area contributed by atoms with E-state index in [1.807, 2.05) is 6.07 Å². The molecule has 0 aromatic carbocycles. The van der Waals surface area contributed by atoms with Gasteiger partial charge in [0.15, 0.2) is 24.7 Å². The SMILES string of the molecule is Nc1cccc(C(=NOCC(=O)O)C(=O)NC2C(=O)N3C(C(=O)[O-])=C(C[n+]4ccccc4)CS[C@@H]23)n1. The van der Waals surface area contributed by atoms with Gasteiger partial charge in [-0.2, -0.15) is 0 Å². The Morgan fingerprint density at radius 1 is 1.28 bits per heavy atom. The Labute approximate surface area is 208 Å². The molecule has 2 aromatic rings. The third-order valence-electron chi connectivity index (χ3n) is 5.25.